The minimum absolute atomic E-state index is 0.0439. The van der Waals surface area contributed by atoms with Crippen LogP contribution in [0.5, 0.6) is 5.75 Å². The third-order valence-corrected chi connectivity index (χ3v) is 3.23. The number of anilines is 2. The summed E-state index contributed by atoms with van der Waals surface area (Å²) < 4.78 is 5.65. The normalized spacial score (nSPS) is 13.5. The first-order valence-electron chi connectivity index (χ1n) is 7.35. The average molecular weight is 295 g/mol. The molecule has 0 bridgehead atoms. The summed E-state index contributed by atoms with van der Waals surface area (Å²) in [6.45, 7) is 11.0. The number of aliphatic hydroxyl groups is 1. The third kappa shape index (κ3) is 5.44. The molecule has 0 saturated heterocycles. The van der Waals surface area contributed by atoms with Crippen molar-refractivity contribution in [3.05, 3.63) is 17.7 Å². The molecule has 0 aromatic heterocycles. The minimum Gasteiger partial charge on any atom is -0.489 e. The second-order valence-electron chi connectivity index (χ2n) is 6.76. The second kappa shape index (κ2) is 7.00. The lowest BCUT2D eigenvalue weighted by molar-refractivity contribution is 0.105. The van der Waals surface area contributed by atoms with Gasteiger partial charge in [0.15, 0.2) is 0 Å². The molecule has 0 aliphatic rings. The van der Waals surface area contributed by atoms with Crippen LogP contribution < -0.4 is 21.5 Å². The van der Waals surface area contributed by atoms with Crippen molar-refractivity contribution in [1.82, 2.24) is 5.32 Å². The lowest BCUT2D eigenvalue weighted by atomic mass is 9.86. The molecule has 5 nitrogen and oxygen atoms in total. The number of nitrogen functional groups attached to an aromatic ring is 2. The van der Waals surface area contributed by atoms with E-state index >= 15 is 0 Å². The molecular formula is C16H29N3O2. The van der Waals surface area contributed by atoms with Crippen LogP contribution >= 0.6 is 0 Å². The fourth-order valence-electron chi connectivity index (χ4n) is 1.82. The van der Waals surface area contributed by atoms with Crippen LogP contribution in [0.15, 0.2) is 12.1 Å². The van der Waals surface area contributed by atoms with E-state index in [1.165, 1.54) is 0 Å². The summed E-state index contributed by atoms with van der Waals surface area (Å²) in [5.74, 6) is 0.531. The van der Waals surface area contributed by atoms with E-state index in [4.69, 9.17) is 16.2 Å². The van der Waals surface area contributed by atoms with Crippen LogP contribution in [0.3, 0.4) is 0 Å². The van der Waals surface area contributed by atoms with Crippen LogP contribution in [-0.2, 0) is 5.41 Å². The van der Waals surface area contributed by atoms with E-state index < -0.39 is 6.10 Å². The van der Waals surface area contributed by atoms with Gasteiger partial charge in [-0.25, -0.2) is 0 Å². The van der Waals surface area contributed by atoms with Gasteiger partial charge in [0.25, 0.3) is 0 Å². The summed E-state index contributed by atoms with van der Waals surface area (Å²) in [6.07, 6.45) is -0.591. The van der Waals surface area contributed by atoms with Gasteiger partial charge in [0, 0.05) is 12.6 Å². The van der Waals surface area contributed by atoms with Crippen molar-refractivity contribution in [2.45, 2.75) is 52.2 Å². The van der Waals surface area contributed by atoms with Gasteiger partial charge < -0.3 is 26.6 Å². The van der Waals surface area contributed by atoms with Gasteiger partial charge in [-0.1, -0.05) is 34.6 Å². The topological polar surface area (TPSA) is 93.5 Å². The van der Waals surface area contributed by atoms with Crippen molar-refractivity contribution in [3.8, 4) is 5.75 Å². The molecule has 5 heteroatoms. The minimum atomic E-state index is -0.591. The molecule has 0 aliphatic heterocycles. The molecule has 0 aliphatic carbocycles. The van der Waals surface area contributed by atoms with Crippen LogP contribution in [0.1, 0.15) is 40.2 Å². The first kappa shape index (κ1) is 17.6. The van der Waals surface area contributed by atoms with Crippen molar-refractivity contribution in [2.75, 3.05) is 24.6 Å². The third-order valence-electron chi connectivity index (χ3n) is 3.23. The number of nitrogens with one attached hydrogen (secondary N) is 1. The Kier molecular flexibility index (Phi) is 5.87. The quantitative estimate of drug-likeness (QED) is 0.601. The molecule has 0 spiro atoms. The van der Waals surface area contributed by atoms with Gasteiger partial charge in [0.05, 0.1) is 11.4 Å². The molecule has 1 rings (SSSR count). The molecular weight excluding hydrogens is 266 g/mol. The maximum Gasteiger partial charge on any atom is 0.144 e. The van der Waals surface area contributed by atoms with Crippen molar-refractivity contribution in [3.63, 3.8) is 0 Å². The van der Waals surface area contributed by atoms with Gasteiger partial charge in [-0.2, -0.15) is 0 Å². The Labute approximate surface area is 127 Å². The van der Waals surface area contributed by atoms with Gasteiger partial charge in [-0.15, -0.1) is 0 Å². The predicted molar refractivity (Wildman–Crippen MR) is 88.6 cm³/mol. The molecule has 1 unspecified atom stereocenters. The zero-order valence-corrected chi connectivity index (χ0v) is 13.7. The molecule has 1 atom stereocenters. The highest BCUT2D eigenvalue weighted by atomic mass is 16.5. The number of ether oxygens (including phenoxy) is 1. The standard InChI is InChI=1S/C16H29N3O2/c1-10(2)19-8-12(20)9-21-14-7-11(16(3,4)5)6-13(17)15(14)18/h6-7,10,12,19-20H,8-9,17-18H2,1-5H3. The number of nitrogens with two attached hydrogens (primary N) is 2. The summed E-state index contributed by atoms with van der Waals surface area (Å²) in [5, 5.41) is 13.0. The van der Waals surface area contributed by atoms with Crippen molar-refractivity contribution >= 4 is 11.4 Å². The number of benzene rings is 1. The Morgan fingerprint density at radius 2 is 1.86 bits per heavy atom. The Balaban J connectivity index is 2.76. The zero-order chi connectivity index (χ0) is 16.2. The van der Waals surface area contributed by atoms with Crippen LogP contribution in [0, 0.1) is 0 Å². The maximum atomic E-state index is 9.89. The van der Waals surface area contributed by atoms with Gasteiger partial charge in [0.1, 0.15) is 18.5 Å². The monoisotopic (exact) mass is 295 g/mol. The van der Waals surface area contributed by atoms with Crippen molar-refractivity contribution < 1.29 is 9.84 Å². The van der Waals surface area contributed by atoms with Gasteiger partial charge in [0.2, 0.25) is 0 Å². The number of aliphatic hydroxyl groups excluding tert-OH is 1. The van der Waals surface area contributed by atoms with E-state index in [0.717, 1.165) is 5.56 Å². The van der Waals surface area contributed by atoms with Crippen LogP contribution in [-0.4, -0.2) is 30.4 Å². The average Bonchev–Trinajstić information content (AvgIpc) is 2.36. The lowest BCUT2D eigenvalue weighted by Gasteiger charge is -2.22. The van der Waals surface area contributed by atoms with E-state index in [9.17, 15) is 5.11 Å². The van der Waals surface area contributed by atoms with Gasteiger partial charge in [-0.3, -0.25) is 0 Å². The molecule has 0 amide bonds. The molecule has 1 aromatic carbocycles. The smallest absolute Gasteiger partial charge is 0.144 e. The lowest BCUT2D eigenvalue weighted by Crippen LogP contribution is -2.35. The summed E-state index contributed by atoms with van der Waals surface area (Å²) >= 11 is 0. The Morgan fingerprint density at radius 3 is 2.38 bits per heavy atom. The van der Waals surface area contributed by atoms with E-state index in [2.05, 4.69) is 26.1 Å². The summed E-state index contributed by atoms with van der Waals surface area (Å²) in [7, 11) is 0. The molecule has 6 N–H and O–H groups in total. The molecule has 0 radical (unpaired) electrons. The molecule has 1 aromatic rings. The Bertz CT molecular complexity index is 467. The molecule has 0 fully saturated rings. The molecule has 21 heavy (non-hydrogen) atoms. The van der Waals surface area contributed by atoms with Gasteiger partial charge in [-0.05, 0) is 23.1 Å². The first-order valence-corrected chi connectivity index (χ1v) is 7.35. The molecule has 0 heterocycles. The predicted octanol–water partition coefficient (Wildman–Crippen LogP) is 1.89. The van der Waals surface area contributed by atoms with Gasteiger partial charge >= 0.3 is 0 Å². The van der Waals surface area contributed by atoms with E-state index in [1.807, 2.05) is 26.0 Å². The fourth-order valence-corrected chi connectivity index (χ4v) is 1.82. The molecule has 0 saturated carbocycles. The Hall–Kier alpha value is -1.46. The molecule has 120 valence electrons. The van der Waals surface area contributed by atoms with Crippen molar-refractivity contribution in [1.29, 1.82) is 0 Å². The first-order chi connectivity index (χ1) is 9.61. The fraction of sp³-hybridized carbons (Fsp3) is 0.625. The SMILES string of the molecule is CC(C)NCC(O)COc1cc(C(C)(C)C)cc(N)c1N. The van der Waals surface area contributed by atoms with Crippen LogP contribution in [0.4, 0.5) is 11.4 Å². The zero-order valence-electron chi connectivity index (χ0n) is 13.7. The number of hydrogen-bond acceptors (Lipinski definition) is 5. The van der Waals surface area contributed by atoms with Crippen LogP contribution in [0.2, 0.25) is 0 Å². The number of hydrogen-bond donors (Lipinski definition) is 4. The largest absolute Gasteiger partial charge is 0.489 e. The van der Waals surface area contributed by atoms with Crippen LogP contribution in [0.25, 0.3) is 0 Å². The highest BCUT2D eigenvalue weighted by Gasteiger charge is 2.18. The second-order valence-corrected chi connectivity index (χ2v) is 6.76. The summed E-state index contributed by atoms with van der Waals surface area (Å²) in [4.78, 5) is 0. The van der Waals surface area contributed by atoms with Crippen molar-refractivity contribution in [2.24, 2.45) is 0 Å². The highest BCUT2D eigenvalue weighted by Crippen LogP contribution is 2.34. The highest BCUT2D eigenvalue weighted by molar-refractivity contribution is 5.72. The number of rotatable bonds is 6. The van der Waals surface area contributed by atoms with E-state index in [1.54, 1.807) is 0 Å². The summed E-state index contributed by atoms with van der Waals surface area (Å²) in [6, 6.07) is 4.09. The summed E-state index contributed by atoms with van der Waals surface area (Å²) in [5.41, 5.74) is 13.8. The maximum absolute atomic E-state index is 9.89. The Morgan fingerprint density at radius 1 is 1.24 bits per heavy atom. The van der Waals surface area contributed by atoms with E-state index in [0.29, 0.717) is 29.7 Å². The van der Waals surface area contributed by atoms with E-state index in [-0.39, 0.29) is 12.0 Å².